The molecule has 2 heterocycles. The third-order valence-corrected chi connectivity index (χ3v) is 3.91. The van der Waals surface area contributed by atoms with Gasteiger partial charge in [-0.15, -0.1) is 0 Å². The number of ether oxygens (including phenoxy) is 2. The highest BCUT2D eigenvalue weighted by Gasteiger charge is 2.21. The zero-order valence-corrected chi connectivity index (χ0v) is 14.7. The van der Waals surface area contributed by atoms with Crippen LogP contribution in [0.5, 0.6) is 11.5 Å². The van der Waals surface area contributed by atoms with Gasteiger partial charge in [0.05, 0.1) is 26.0 Å². The summed E-state index contributed by atoms with van der Waals surface area (Å²) in [4.78, 5) is 21.0. The Labute approximate surface area is 151 Å². The topological polar surface area (TPSA) is 86.5 Å². The minimum absolute atomic E-state index is 0.194. The van der Waals surface area contributed by atoms with Crippen LogP contribution in [-0.2, 0) is 0 Å². The molecule has 1 aromatic carbocycles. The van der Waals surface area contributed by atoms with Gasteiger partial charge in [-0.25, -0.2) is 4.98 Å². The number of hydrogen-bond donors (Lipinski definition) is 1. The Kier molecular flexibility index (Phi) is 5.17. The Morgan fingerprint density at radius 2 is 1.92 bits per heavy atom. The second-order valence-corrected chi connectivity index (χ2v) is 5.55. The zero-order valence-electron chi connectivity index (χ0n) is 14.7. The van der Waals surface area contributed by atoms with Crippen molar-refractivity contribution in [1.82, 2.24) is 15.3 Å². The number of nitrogens with zero attached hydrogens (tertiary/aromatic N) is 2. The molecule has 1 N–H and O–H groups in total. The lowest BCUT2D eigenvalue weighted by atomic mass is 10.1. The number of methoxy groups -OCH3 is 2. The normalized spacial score (nSPS) is 11.7. The van der Waals surface area contributed by atoms with Crippen LogP contribution < -0.4 is 14.8 Å². The number of nitrogens with one attached hydrogen (secondary N) is 1. The van der Waals surface area contributed by atoms with E-state index in [9.17, 15) is 4.79 Å². The molecule has 134 valence electrons. The van der Waals surface area contributed by atoms with Crippen LogP contribution in [0.15, 0.2) is 53.4 Å². The number of oxazole rings is 1. The summed E-state index contributed by atoms with van der Waals surface area (Å²) in [6.07, 6.45) is 2.93. The number of aromatic nitrogens is 2. The summed E-state index contributed by atoms with van der Waals surface area (Å²) in [5, 5.41) is 2.88. The van der Waals surface area contributed by atoms with Gasteiger partial charge in [-0.3, -0.25) is 9.78 Å². The third kappa shape index (κ3) is 3.51. The molecule has 1 unspecified atom stereocenters. The van der Waals surface area contributed by atoms with E-state index in [0.717, 1.165) is 5.69 Å². The lowest BCUT2D eigenvalue weighted by molar-refractivity contribution is 0.0935. The zero-order chi connectivity index (χ0) is 18.5. The maximum Gasteiger partial charge on any atom is 0.274 e. The summed E-state index contributed by atoms with van der Waals surface area (Å²) in [6, 6.07) is 10.5. The lowest BCUT2D eigenvalue weighted by Crippen LogP contribution is -2.27. The van der Waals surface area contributed by atoms with Gasteiger partial charge in [0.25, 0.3) is 5.91 Å². The molecule has 0 radical (unpaired) electrons. The van der Waals surface area contributed by atoms with Gasteiger partial charge < -0.3 is 19.2 Å². The second-order valence-electron chi connectivity index (χ2n) is 5.55. The van der Waals surface area contributed by atoms with Crippen LogP contribution in [0, 0.1) is 0 Å². The first-order valence-corrected chi connectivity index (χ1v) is 8.01. The van der Waals surface area contributed by atoms with Crippen LogP contribution in [0.2, 0.25) is 0 Å². The van der Waals surface area contributed by atoms with Crippen molar-refractivity contribution in [2.45, 2.75) is 13.0 Å². The predicted molar refractivity (Wildman–Crippen MR) is 95.2 cm³/mol. The van der Waals surface area contributed by atoms with Gasteiger partial charge in [0.15, 0.2) is 29.3 Å². The second kappa shape index (κ2) is 7.69. The maximum atomic E-state index is 12.6. The van der Waals surface area contributed by atoms with Gasteiger partial charge in [0, 0.05) is 11.8 Å². The number of pyridine rings is 1. The van der Waals surface area contributed by atoms with E-state index < -0.39 is 0 Å². The van der Waals surface area contributed by atoms with Crippen molar-refractivity contribution in [3.63, 3.8) is 0 Å². The quantitative estimate of drug-likeness (QED) is 0.732. The molecular weight excluding hydrogens is 334 g/mol. The van der Waals surface area contributed by atoms with E-state index in [1.807, 2.05) is 25.1 Å². The highest BCUT2D eigenvalue weighted by Crippen LogP contribution is 2.33. The Morgan fingerprint density at radius 3 is 2.62 bits per heavy atom. The third-order valence-electron chi connectivity index (χ3n) is 3.91. The van der Waals surface area contributed by atoms with Crippen molar-refractivity contribution in [3.8, 4) is 22.8 Å². The molecule has 0 aliphatic carbocycles. The van der Waals surface area contributed by atoms with E-state index in [-0.39, 0.29) is 17.6 Å². The number of carbonyl (C=O) groups is 1. The first-order chi connectivity index (χ1) is 12.6. The fourth-order valence-corrected chi connectivity index (χ4v) is 2.56. The molecule has 0 bridgehead atoms. The maximum absolute atomic E-state index is 12.6. The molecule has 0 aliphatic heterocycles. The van der Waals surface area contributed by atoms with Gasteiger partial charge in [0.2, 0.25) is 0 Å². The molecule has 0 saturated carbocycles. The van der Waals surface area contributed by atoms with Crippen LogP contribution in [-0.4, -0.2) is 30.1 Å². The summed E-state index contributed by atoms with van der Waals surface area (Å²) < 4.78 is 16.0. The first-order valence-electron chi connectivity index (χ1n) is 8.01. The molecule has 0 fully saturated rings. The molecule has 7 nitrogen and oxygen atoms in total. The van der Waals surface area contributed by atoms with Crippen LogP contribution in [0.1, 0.15) is 29.1 Å². The summed E-state index contributed by atoms with van der Waals surface area (Å²) in [7, 11) is 3.11. The van der Waals surface area contributed by atoms with E-state index in [1.165, 1.54) is 6.39 Å². The Bertz CT molecular complexity index is 893. The highest BCUT2D eigenvalue weighted by atomic mass is 16.5. The number of benzene rings is 1. The molecule has 0 aliphatic rings. The molecule has 1 atom stereocenters. The van der Waals surface area contributed by atoms with E-state index in [1.54, 1.807) is 38.6 Å². The van der Waals surface area contributed by atoms with Crippen molar-refractivity contribution in [3.05, 3.63) is 60.4 Å². The van der Waals surface area contributed by atoms with E-state index in [4.69, 9.17) is 13.9 Å². The van der Waals surface area contributed by atoms with Gasteiger partial charge in [-0.2, -0.15) is 0 Å². The molecule has 0 saturated heterocycles. The average Bonchev–Trinajstić information content (AvgIpc) is 3.18. The average molecular weight is 353 g/mol. The minimum atomic E-state index is -0.346. The largest absolute Gasteiger partial charge is 0.493 e. The SMILES string of the molecule is COc1ccc(-c2ocnc2C(=O)NC(C)c2ccccn2)cc1OC. The van der Waals surface area contributed by atoms with Crippen LogP contribution in [0.3, 0.4) is 0 Å². The van der Waals surface area contributed by atoms with E-state index in [0.29, 0.717) is 22.8 Å². The van der Waals surface area contributed by atoms with Crippen LogP contribution >= 0.6 is 0 Å². The van der Waals surface area contributed by atoms with Crippen molar-refractivity contribution in [2.75, 3.05) is 14.2 Å². The van der Waals surface area contributed by atoms with Crippen molar-refractivity contribution < 1.29 is 18.7 Å². The summed E-state index contributed by atoms with van der Waals surface area (Å²) >= 11 is 0. The predicted octanol–water partition coefficient (Wildman–Crippen LogP) is 3.24. The fourth-order valence-electron chi connectivity index (χ4n) is 2.56. The highest BCUT2D eigenvalue weighted by molar-refractivity contribution is 5.97. The first kappa shape index (κ1) is 17.5. The molecule has 3 rings (SSSR count). The summed E-state index contributed by atoms with van der Waals surface area (Å²) in [6.45, 7) is 1.86. The molecule has 1 amide bonds. The molecule has 26 heavy (non-hydrogen) atoms. The van der Waals surface area contributed by atoms with Gasteiger partial charge >= 0.3 is 0 Å². The number of amides is 1. The van der Waals surface area contributed by atoms with Crippen LogP contribution in [0.4, 0.5) is 0 Å². The standard InChI is InChI=1S/C19H19N3O4/c1-12(14-6-4-5-9-20-14)22-19(23)17-18(26-11-21-17)13-7-8-15(24-2)16(10-13)25-3/h4-12H,1-3H3,(H,22,23). The van der Waals surface area contributed by atoms with Gasteiger partial charge in [-0.05, 0) is 37.3 Å². The smallest absolute Gasteiger partial charge is 0.274 e. The van der Waals surface area contributed by atoms with E-state index >= 15 is 0 Å². The number of rotatable bonds is 6. The molecule has 7 heteroatoms. The molecular formula is C19H19N3O4. The van der Waals surface area contributed by atoms with Crippen molar-refractivity contribution in [2.24, 2.45) is 0 Å². The van der Waals surface area contributed by atoms with Crippen LogP contribution in [0.25, 0.3) is 11.3 Å². The Hall–Kier alpha value is -3.35. The molecule has 3 aromatic rings. The van der Waals surface area contributed by atoms with E-state index in [2.05, 4.69) is 15.3 Å². The minimum Gasteiger partial charge on any atom is -0.493 e. The fraction of sp³-hybridized carbons (Fsp3) is 0.211. The lowest BCUT2D eigenvalue weighted by Gasteiger charge is -2.13. The Morgan fingerprint density at radius 1 is 1.12 bits per heavy atom. The summed E-state index contributed by atoms with van der Waals surface area (Å²) in [5.74, 6) is 1.14. The van der Waals surface area contributed by atoms with Crippen molar-refractivity contribution >= 4 is 5.91 Å². The van der Waals surface area contributed by atoms with Crippen molar-refractivity contribution in [1.29, 1.82) is 0 Å². The molecule has 2 aromatic heterocycles. The number of carbonyl (C=O) groups excluding carboxylic acids is 1. The summed E-state index contributed by atoms with van der Waals surface area (Å²) in [5.41, 5.74) is 1.62. The van der Waals surface area contributed by atoms with Gasteiger partial charge in [0.1, 0.15) is 0 Å². The Balaban J connectivity index is 1.85. The monoisotopic (exact) mass is 353 g/mol. The number of hydrogen-bond acceptors (Lipinski definition) is 6. The molecule has 0 spiro atoms. The van der Waals surface area contributed by atoms with Gasteiger partial charge in [-0.1, -0.05) is 6.07 Å².